The summed E-state index contributed by atoms with van der Waals surface area (Å²) in [6.45, 7) is 8.97. The van der Waals surface area contributed by atoms with Crippen molar-refractivity contribution in [2.45, 2.75) is 52.6 Å². The zero-order chi connectivity index (χ0) is 19.0. The second-order valence-corrected chi connectivity index (χ2v) is 7.06. The number of esters is 1. The molecular weight excluding hydrogens is 324 g/mol. The summed E-state index contributed by atoms with van der Waals surface area (Å²) in [5.41, 5.74) is 0.421. The van der Waals surface area contributed by atoms with Crippen LogP contribution in [0, 0.1) is 5.92 Å². The Hall–Kier alpha value is -2.08. The first kappa shape index (κ1) is 21.0. The van der Waals surface area contributed by atoms with Crippen molar-refractivity contribution < 1.29 is 28.9 Å². The van der Waals surface area contributed by atoms with Crippen molar-refractivity contribution >= 4 is 12.1 Å². The Kier molecular flexibility index (Phi) is 7.90. The van der Waals surface area contributed by atoms with Gasteiger partial charge in [-0.25, -0.2) is 4.79 Å². The molecule has 1 aromatic carbocycles. The van der Waals surface area contributed by atoms with E-state index in [1.807, 2.05) is 19.1 Å². The van der Waals surface area contributed by atoms with E-state index in [9.17, 15) is 9.59 Å². The van der Waals surface area contributed by atoms with E-state index in [0.29, 0.717) is 12.2 Å². The van der Waals surface area contributed by atoms with E-state index in [-0.39, 0.29) is 31.0 Å². The first-order valence-electron chi connectivity index (χ1n) is 8.40. The van der Waals surface area contributed by atoms with E-state index in [2.05, 4.69) is 0 Å². The van der Waals surface area contributed by atoms with Crippen LogP contribution in [0.1, 0.15) is 52.5 Å². The molecule has 0 aliphatic carbocycles. The molecule has 2 atom stereocenters. The normalized spacial score (nSPS) is 13.7. The maximum atomic E-state index is 11.8. The Morgan fingerprint density at radius 2 is 1.72 bits per heavy atom. The molecule has 0 heterocycles. The van der Waals surface area contributed by atoms with Crippen LogP contribution in [0.15, 0.2) is 24.3 Å². The van der Waals surface area contributed by atoms with Crippen LogP contribution in [-0.2, 0) is 14.3 Å². The fraction of sp³-hybridized carbons (Fsp3) is 0.579. The van der Waals surface area contributed by atoms with Crippen LogP contribution in [-0.4, -0.2) is 36.0 Å². The van der Waals surface area contributed by atoms with Crippen molar-refractivity contribution in [2.75, 3.05) is 13.2 Å². The summed E-state index contributed by atoms with van der Waals surface area (Å²) in [6, 6.07) is 7.11. The molecule has 0 aliphatic rings. The van der Waals surface area contributed by atoms with Crippen LogP contribution < -0.4 is 4.74 Å². The van der Waals surface area contributed by atoms with Crippen LogP contribution in [0.25, 0.3) is 0 Å². The highest BCUT2D eigenvalue weighted by molar-refractivity contribution is 5.72. The summed E-state index contributed by atoms with van der Waals surface area (Å²) in [5, 5.41) is 8.69. The minimum atomic E-state index is -0.742. The van der Waals surface area contributed by atoms with Gasteiger partial charge in [0.25, 0.3) is 0 Å². The Balaban J connectivity index is 2.57. The van der Waals surface area contributed by atoms with Crippen LogP contribution in [0.4, 0.5) is 4.79 Å². The molecule has 1 N–H and O–H groups in total. The second-order valence-electron chi connectivity index (χ2n) is 7.06. The first-order chi connectivity index (χ1) is 11.6. The van der Waals surface area contributed by atoms with E-state index in [1.54, 1.807) is 39.8 Å². The lowest BCUT2D eigenvalue weighted by Gasteiger charge is -2.19. The third-order valence-corrected chi connectivity index (χ3v) is 3.48. The summed E-state index contributed by atoms with van der Waals surface area (Å²) < 4.78 is 15.2. The zero-order valence-electron chi connectivity index (χ0n) is 15.6. The third-order valence-electron chi connectivity index (χ3n) is 3.48. The highest BCUT2D eigenvalue weighted by Gasteiger charge is 2.20. The summed E-state index contributed by atoms with van der Waals surface area (Å²) in [5.74, 6) is -0.0436. The molecule has 0 aromatic heterocycles. The number of aliphatic hydroxyl groups is 1. The van der Waals surface area contributed by atoms with Gasteiger partial charge in [-0.3, -0.25) is 4.79 Å². The topological polar surface area (TPSA) is 82.1 Å². The van der Waals surface area contributed by atoms with Gasteiger partial charge < -0.3 is 19.3 Å². The predicted molar refractivity (Wildman–Crippen MR) is 93.5 cm³/mol. The number of hydrogen-bond donors (Lipinski definition) is 1. The Morgan fingerprint density at radius 1 is 1.12 bits per heavy atom. The maximum absolute atomic E-state index is 11.8. The lowest BCUT2D eigenvalue weighted by molar-refractivity contribution is -0.149. The molecule has 25 heavy (non-hydrogen) atoms. The molecule has 0 bridgehead atoms. The Bertz CT molecular complexity index is 558. The standard InChI is InChI=1S/C19H28O6/c1-13(12-14(2)17(21)23-11-10-20)15-6-8-16(9-7-15)24-18(22)25-19(3,4)5/h6-9,13-14,20H,10-12H2,1-5H3. The second kappa shape index (κ2) is 9.42. The largest absolute Gasteiger partial charge is 0.514 e. The molecule has 0 radical (unpaired) electrons. The van der Waals surface area contributed by atoms with Crippen LogP contribution in [0.2, 0.25) is 0 Å². The number of carbonyl (C=O) groups is 2. The van der Waals surface area contributed by atoms with Gasteiger partial charge in [0.2, 0.25) is 0 Å². The average molecular weight is 352 g/mol. The summed E-state index contributed by atoms with van der Waals surface area (Å²) in [7, 11) is 0. The van der Waals surface area contributed by atoms with Gasteiger partial charge in [0.1, 0.15) is 18.0 Å². The molecule has 0 aliphatic heterocycles. The molecule has 0 amide bonds. The van der Waals surface area contributed by atoms with Gasteiger partial charge in [0.15, 0.2) is 0 Å². The number of carbonyl (C=O) groups excluding carboxylic acids is 2. The molecular formula is C19H28O6. The fourth-order valence-electron chi connectivity index (χ4n) is 2.28. The quantitative estimate of drug-likeness (QED) is 0.596. The zero-order valence-corrected chi connectivity index (χ0v) is 15.6. The van der Waals surface area contributed by atoms with Gasteiger partial charge in [-0.15, -0.1) is 0 Å². The number of benzene rings is 1. The number of ether oxygens (including phenoxy) is 3. The molecule has 140 valence electrons. The number of rotatable bonds is 7. The van der Waals surface area contributed by atoms with E-state index in [0.717, 1.165) is 5.56 Å². The highest BCUT2D eigenvalue weighted by Crippen LogP contribution is 2.26. The van der Waals surface area contributed by atoms with Gasteiger partial charge >= 0.3 is 12.1 Å². The molecule has 0 fully saturated rings. The Labute approximate surface area is 149 Å². The molecule has 2 unspecified atom stereocenters. The van der Waals surface area contributed by atoms with Crippen LogP contribution in [0.5, 0.6) is 5.75 Å². The maximum Gasteiger partial charge on any atom is 0.514 e. The Morgan fingerprint density at radius 3 is 2.24 bits per heavy atom. The summed E-state index contributed by atoms with van der Waals surface area (Å²) >= 11 is 0. The number of hydrogen-bond acceptors (Lipinski definition) is 6. The van der Waals surface area contributed by atoms with E-state index in [1.165, 1.54) is 0 Å². The third kappa shape index (κ3) is 8.03. The highest BCUT2D eigenvalue weighted by atomic mass is 16.7. The van der Waals surface area contributed by atoms with Crippen molar-refractivity contribution in [2.24, 2.45) is 5.92 Å². The number of aliphatic hydroxyl groups excluding tert-OH is 1. The van der Waals surface area contributed by atoms with Crippen molar-refractivity contribution in [1.29, 1.82) is 0 Å². The van der Waals surface area contributed by atoms with Crippen LogP contribution >= 0.6 is 0 Å². The lowest BCUT2D eigenvalue weighted by atomic mass is 9.91. The van der Waals surface area contributed by atoms with Crippen LogP contribution in [0.3, 0.4) is 0 Å². The molecule has 6 heteroatoms. The van der Waals surface area contributed by atoms with Gasteiger partial charge in [-0.1, -0.05) is 26.0 Å². The van der Waals surface area contributed by atoms with Gasteiger partial charge in [-0.2, -0.15) is 0 Å². The average Bonchev–Trinajstić information content (AvgIpc) is 2.51. The molecule has 0 saturated carbocycles. The van der Waals surface area contributed by atoms with E-state index in [4.69, 9.17) is 19.3 Å². The van der Waals surface area contributed by atoms with E-state index < -0.39 is 11.8 Å². The van der Waals surface area contributed by atoms with Crippen molar-refractivity contribution in [3.63, 3.8) is 0 Å². The molecule has 0 spiro atoms. The van der Waals surface area contributed by atoms with Crippen molar-refractivity contribution in [3.8, 4) is 5.75 Å². The predicted octanol–water partition coefficient (Wildman–Crippen LogP) is 3.67. The van der Waals surface area contributed by atoms with Crippen molar-refractivity contribution in [1.82, 2.24) is 0 Å². The SMILES string of the molecule is CC(CC(C)c1ccc(OC(=O)OC(C)(C)C)cc1)C(=O)OCCO. The summed E-state index contributed by atoms with van der Waals surface area (Å²) in [6.07, 6.45) is -0.121. The van der Waals surface area contributed by atoms with Gasteiger partial charge in [0.05, 0.1) is 12.5 Å². The smallest absolute Gasteiger partial charge is 0.463 e. The van der Waals surface area contributed by atoms with E-state index >= 15 is 0 Å². The lowest BCUT2D eigenvalue weighted by Crippen LogP contribution is -2.25. The van der Waals surface area contributed by atoms with Gasteiger partial charge in [-0.05, 0) is 50.8 Å². The molecule has 1 rings (SSSR count). The molecule has 6 nitrogen and oxygen atoms in total. The first-order valence-corrected chi connectivity index (χ1v) is 8.40. The monoisotopic (exact) mass is 352 g/mol. The summed E-state index contributed by atoms with van der Waals surface area (Å²) in [4.78, 5) is 23.4. The molecule has 1 aromatic rings. The van der Waals surface area contributed by atoms with Gasteiger partial charge in [0, 0.05) is 0 Å². The fourth-order valence-corrected chi connectivity index (χ4v) is 2.28. The minimum absolute atomic E-state index is 0.0221. The minimum Gasteiger partial charge on any atom is -0.463 e. The molecule has 0 saturated heterocycles. The van der Waals surface area contributed by atoms with Crippen molar-refractivity contribution in [3.05, 3.63) is 29.8 Å².